The SMILES string of the molecule is CC(C)CCNC(=O)Nc1ccc(CCC(=O)O)cc1. The van der Waals surface area contributed by atoms with Crippen molar-refractivity contribution in [2.24, 2.45) is 5.92 Å². The molecule has 0 aliphatic rings. The molecule has 110 valence electrons. The zero-order valence-electron chi connectivity index (χ0n) is 12.0. The fourth-order valence-corrected chi connectivity index (χ4v) is 1.66. The van der Waals surface area contributed by atoms with Gasteiger partial charge in [0.1, 0.15) is 0 Å². The number of carbonyl (C=O) groups excluding carboxylic acids is 1. The van der Waals surface area contributed by atoms with E-state index in [-0.39, 0.29) is 12.5 Å². The van der Waals surface area contributed by atoms with Gasteiger partial charge in [0, 0.05) is 18.7 Å². The Morgan fingerprint density at radius 1 is 1.20 bits per heavy atom. The van der Waals surface area contributed by atoms with Gasteiger partial charge in [-0.3, -0.25) is 4.79 Å². The Kier molecular flexibility index (Phi) is 6.56. The lowest BCUT2D eigenvalue weighted by Gasteiger charge is -2.09. The Hall–Kier alpha value is -2.04. The van der Waals surface area contributed by atoms with Crippen LogP contribution in [0.3, 0.4) is 0 Å². The van der Waals surface area contributed by atoms with E-state index in [9.17, 15) is 9.59 Å². The fourth-order valence-electron chi connectivity index (χ4n) is 1.66. The average molecular weight is 278 g/mol. The molecule has 0 radical (unpaired) electrons. The van der Waals surface area contributed by atoms with Crippen LogP contribution in [0.1, 0.15) is 32.3 Å². The second kappa shape index (κ2) is 8.19. The van der Waals surface area contributed by atoms with Gasteiger partial charge in [-0.2, -0.15) is 0 Å². The molecular weight excluding hydrogens is 256 g/mol. The second-order valence-corrected chi connectivity index (χ2v) is 5.15. The third kappa shape index (κ3) is 6.78. The predicted octanol–water partition coefficient (Wildman–Crippen LogP) is 2.87. The van der Waals surface area contributed by atoms with Gasteiger partial charge in [0.05, 0.1) is 0 Å². The molecule has 0 saturated heterocycles. The van der Waals surface area contributed by atoms with Crippen LogP contribution < -0.4 is 10.6 Å². The Labute approximate surface area is 119 Å². The summed E-state index contributed by atoms with van der Waals surface area (Å²) in [7, 11) is 0. The lowest BCUT2D eigenvalue weighted by molar-refractivity contribution is -0.136. The molecule has 20 heavy (non-hydrogen) atoms. The van der Waals surface area contributed by atoms with Crippen LogP contribution in [0.25, 0.3) is 0 Å². The molecule has 3 N–H and O–H groups in total. The maximum atomic E-state index is 11.6. The van der Waals surface area contributed by atoms with Crippen molar-refractivity contribution < 1.29 is 14.7 Å². The molecular formula is C15H22N2O3. The lowest BCUT2D eigenvalue weighted by Crippen LogP contribution is -2.30. The van der Waals surface area contributed by atoms with Crippen molar-refractivity contribution in [3.63, 3.8) is 0 Å². The number of carboxylic acids is 1. The average Bonchev–Trinajstić information content (AvgIpc) is 2.37. The summed E-state index contributed by atoms with van der Waals surface area (Å²) >= 11 is 0. The van der Waals surface area contributed by atoms with Crippen LogP contribution in [0.2, 0.25) is 0 Å². The Morgan fingerprint density at radius 2 is 1.85 bits per heavy atom. The number of rotatable bonds is 7. The number of nitrogens with one attached hydrogen (secondary N) is 2. The summed E-state index contributed by atoms with van der Waals surface area (Å²) in [4.78, 5) is 22.1. The number of carbonyl (C=O) groups is 2. The highest BCUT2D eigenvalue weighted by Crippen LogP contribution is 2.11. The van der Waals surface area contributed by atoms with E-state index in [1.165, 1.54) is 0 Å². The third-order valence-corrected chi connectivity index (χ3v) is 2.85. The van der Waals surface area contributed by atoms with Crippen molar-refractivity contribution in [3.8, 4) is 0 Å². The summed E-state index contributed by atoms with van der Waals surface area (Å²) in [5, 5.41) is 14.1. The van der Waals surface area contributed by atoms with Gasteiger partial charge >= 0.3 is 12.0 Å². The summed E-state index contributed by atoms with van der Waals surface area (Å²) in [6.07, 6.45) is 1.56. The number of hydrogen-bond donors (Lipinski definition) is 3. The summed E-state index contributed by atoms with van der Waals surface area (Å²) in [6.45, 7) is 4.87. The minimum atomic E-state index is -0.809. The van der Waals surface area contributed by atoms with Crippen LogP contribution in [-0.4, -0.2) is 23.7 Å². The summed E-state index contributed by atoms with van der Waals surface area (Å²) < 4.78 is 0. The van der Waals surface area contributed by atoms with Gasteiger partial charge in [-0.1, -0.05) is 26.0 Å². The molecule has 0 aliphatic heterocycles. The monoisotopic (exact) mass is 278 g/mol. The van der Waals surface area contributed by atoms with Gasteiger partial charge in [-0.05, 0) is 36.5 Å². The molecule has 0 unspecified atom stereocenters. The molecule has 2 amide bonds. The molecule has 1 aromatic rings. The minimum Gasteiger partial charge on any atom is -0.481 e. The van der Waals surface area contributed by atoms with Crippen molar-refractivity contribution >= 4 is 17.7 Å². The molecule has 0 bridgehead atoms. The van der Waals surface area contributed by atoms with Crippen LogP contribution in [0.5, 0.6) is 0 Å². The summed E-state index contributed by atoms with van der Waals surface area (Å²) in [5.74, 6) is -0.249. The van der Waals surface area contributed by atoms with E-state index in [1.54, 1.807) is 12.1 Å². The highest BCUT2D eigenvalue weighted by Gasteiger charge is 2.03. The molecule has 5 nitrogen and oxygen atoms in total. The largest absolute Gasteiger partial charge is 0.481 e. The molecule has 5 heteroatoms. The first-order chi connectivity index (χ1) is 9.47. The summed E-state index contributed by atoms with van der Waals surface area (Å²) in [5.41, 5.74) is 1.64. The molecule has 0 fully saturated rings. The zero-order valence-corrected chi connectivity index (χ0v) is 12.0. The Bertz CT molecular complexity index is 441. The smallest absolute Gasteiger partial charge is 0.319 e. The highest BCUT2D eigenvalue weighted by molar-refractivity contribution is 5.89. The van der Waals surface area contributed by atoms with Gasteiger partial charge < -0.3 is 15.7 Å². The Morgan fingerprint density at radius 3 is 2.40 bits per heavy atom. The van der Waals surface area contributed by atoms with Gasteiger partial charge in [-0.25, -0.2) is 4.79 Å². The lowest BCUT2D eigenvalue weighted by atomic mass is 10.1. The van der Waals surface area contributed by atoms with Gasteiger partial charge in [-0.15, -0.1) is 0 Å². The van der Waals surface area contributed by atoms with E-state index >= 15 is 0 Å². The summed E-state index contributed by atoms with van der Waals surface area (Å²) in [6, 6.07) is 6.99. The molecule has 1 aromatic carbocycles. The van der Waals surface area contributed by atoms with Crippen molar-refractivity contribution in [1.29, 1.82) is 0 Å². The normalized spacial score (nSPS) is 10.3. The predicted molar refractivity (Wildman–Crippen MR) is 78.9 cm³/mol. The van der Waals surface area contributed by atoms with Crippen molar-refractivity contribution in [2.45, 2.75) is 33.1 Å². The first-order valence-electron chi connectivity index (χ1n) is 6.83. The third-order valence-electron chi connectivity index (χ3n) is 2.85. The number of urea groups is 1. The first-order valence-corrected chi connectivity index (χ1v) is 6.83. The second-order valence-electron chi connectivity index (χ2n) is 5.15. The topological polar surface area (TPSA) is 78.4 Å². The van der Waals surface area contributed by atoms with E-state index < -0.39 is 5.97 Å². The zero-order chi connectivity index (χ0) is 15.0. The highest BCUT2D eigenvalue weighted by atomic mass is 16.4. The molecule has 0 heterocycles. The van der Waals surface area contributed by atoms with Gasteiger partial charge in [0.15, 0.2) is 0 Å². The van der Waals surface area contributed by atoms with Crippen molar-refractivity contribution in [2.75, 3.05) is 11.9 Å². The van der Waals surface area contributed by atoms with Crippen LogP contribution >= 0.6 is 0 Å². The van der Waals surface area contributed by atoms with Crippen molar-refractivity contribution in [3.05, 3.63) is 29.8 Å². The maximum absolute atomic E-state index is 11.6. The van der Waals surface area contributed by atoms with Gasteiger partial charge in [0.25, 0.3) is 0 Å². The number of aryl methyl sites for hydroxylation is 1. The number of amides is 2. The van der Waals surface area contributed by atoms with E-state index in [0.29, 0.717) is 24.6 Å². The quantitative estimate of drug-likeness (QED) is 0.717. The van der Waals surface area contributed by atoms with E-state index in [4.69, 9.17) is 5.11 Å². The molecule has 0 aliphatic carbocycles. The number of carboxylic acid groups (broad SMARTS) is 1. The fraction of sp³-hybridized carbons (Fsp3) is 0.467. The van der Waals surface area contributed by atoms with Crippen LogP contribution in [-0.2, 0) is 11.2 Å². The molecule has 1 rings (SSSR count). The van der Waals surface area contributed by atoms with Gasteiger partial charge in [0.2, 0.25) is 0 Å². The van der Waals surface area contributed by atoms with E-state index in [1.807, 2.05) is 12.1 Å². The minimum absolute atomic E-state index is 0.114. The van der Waals surface area contributed by atoms with E-state index in [2.05, 4.69) is 24.5 Å². The van der Waals surface area contributed by atoms with Crippen LogP contribution in [0, 0.1) is 5.92 Å². The molecule has 0 aromatic heterocycles. The standard InChI is InChI=1S/C15H22N2O3/c1-11(2)9-10-16-15(20)17-13-6-3-12(4-7-13)5-8-14(18)19/h3-4,6-7,11H,5,8-10H2,1-2H3,(H,18,19)(H2,16,17,20). The number of hydrogen-bond acceptors (Lipinski definition) is 2. The molecule has 0 saturated carbocycles. The van der Waals surface area contributed by atoms with E-state index in [0.717, 1.165) is 12.0 Å². The Balaban J connectivity index is 2.37. The maximum Gasteiger partial charge on any atom is 0.319 e. The van der Waals surface area contributed by atoms with Crippen LogP contribution in [0.15, 0.2) is 24.3 Å². The molecule has 0 spiro atoms. The number of aliphatic carboxylic acids is 1. The van der Waals surface area contributed by atoms with Crippen LogP contribution in [0.4, 0.5) is 10.5 Å². The number of benzene rings is 1. The van der Waals surface area contributed by atoms with Crippen molar-refractivity contribution in [1.82, 2.24) is 5.32 Å². The first kappa shape index (κ1) is 16.0. The number of anilines is 1. The molecule has 0 atom stereocenters.